The molecule has 2 aromatic rings. The van der Waals surface area contributed by atoms with Gasteiger partial charge in [0, 0.05) is 24.6 Å². The molecule has 7 heteroatoms. The van der Waals surface area contributed by atoms with Crippen LogP contribution in [0.25, 0.3) is 11.0 Å². The zero-order valence-electron chi connectivity index (χ0n) is 22.5. The Kier molecular flexibility index (Phi) is 8.97. The van der Waals surface area contributed by atoms with Crippen LogP contribution in [0, 0.1) is 5.92 Å². The van der Waals surface area contributed by atoms with Crippen molar-refractivity contribution >= 4 is 22.9 Å². The van der Waals surface area contributed by atoms with Gasteiger partial charge in [-0.1, -0.05) is 27.7 Å². The maximum Gasteiger partial charge on any atom is 0.329 e. The lowest BCUT2D eigenvalue weighted by Gasteiger charge is -2.25. The minimum absolute atomic E-state index is 0.202. The van der Waals surface area contributed by atoms with E-state index in [0.29, 0.717) is 18.0 Å². The lowest BCUT2D eigenvalue weighted by atomic mass is 10.0. The molecule has 194 valence electrons. The number of imidazole rings is 1. The predicted octanol–water partition coefficient (Wildman–Crippen LogP) is 5.61. The first-order valence-corrected chi connectivity index (χ1v) is 13.2. The highest BCUT2D eigenvalue weighted by atomic mass is 16.6. The maximum atomic E-state index is 13.2. The molecule has 2 atom stereocenters. The number of hydrogen-bond donors (Lipinski definition) is 1. The summed E-state index contributed by atoms with van der Waals surface area (Å²) in [5, 5.41) is 2.91. The molecular weight excluding hydrogens is 442 g/mol. The van der Waals surface area contributed by atoms with Crippen LogP contribution in [0.2, 0.25) is 0 Å². The summed E-state index contributed by atoms with van der Waals surface area (Å²) >= 11 is 0. The molecule has 2 heterocycles. The van der Waals surface area contributed by atoms with Gasteiger partial charge >= 0.3 is 5.97 Å². The topological polar surface area (TPSA) is 82.5 Å². The molecule has 1 aromatic carbocycles. The van der Waals surface area contributed by atoms with Gasteiger partial charge in [-0.25, -0.2) is 9.78 Å². The van der Waals surface area contributed by atoms with Crippen LogP contribution < -0.4 is 5.32 Å². The number of hydrogen-bond acceptors (Lipinski definition) is 5. The summed E-state index contributed by atoms with van der Waals surface area (Å²) in [5.74, 6) is 0.551. The molecule has 1 aromatic heterocycles. The van der Waals surface area contributed by atoms with Crippen molar-refractivity contribution in [3.8, 4) is 0 Å². The standard InChI is InChI=1S/C28H43N3O4/c1-8-20(9-2)31-24-13-12-19(16-22(24)29-25(31)17-21-11-10-14-34-21)26(32)30-23(15-18(3)4)27(33)35-28(5,6)7/h12-13,16,18,20-21,23H,8-11,14-15,17H2,1-7H3,(H,30,32)/t21?,23-/m0/s1. The highest BCUT2D eigenvalue weighted by Gasteiger charge is 2.28. The molecule has 3 rings (SSSR count). The van der Waals surface area contributed by atoms with Crippen molar-refractivity contribution in [2.45, 2.75) is 111 Å². The number of nitrogens with one attached hydrogen (secondary N) is 1. The fourth-order valence-corrected chi connectivity index (χ4v) is 4.80. The third-order valence-electron chi connectivity index (χ3n) is 6.47. The van der Waals surface area contributed by atoms with Crippen LogP contribution in [0.4, 0.5) is 0 Å². The molecule has 7 nitrogen and oxygen atoms in total. The number of fused-ring (bicyclic) bond motifs is 1. The minimum atomic E-state index is -0.699. The summed E-state index contributed by atoms with van der Waals surface area (Å²) in [6.07, 6.45) is 5.66. The third-order valence-corrected chi connectivity index (χ3v) is 6.47. The van der Waals surface area contributed by atoms with Crippen LogP contribution in [0.15, 0.2) is 18.2 Å². The van der Waals surface area contributed by atoms with E-state index in [9.17, 15) is 9.59 Å². The second-order valence-corrected chi connectivity index (χ2v) is 11.1. The Hall–Kier alpha value is -2.41. The van der Waals surface area contributed by atoms with Gasteiger partial charge in [-0.15, -0.1) is 0 Å². The summed E-state index contributed by atoms with van der Waals surface area (Å²) < 4.78 is 13.8. The molecule has 1 saturated heterocycles. The van der Waals surface area contributed by atoms with E-state index >= 15 is 0 Å². The lowest BCUT2D eigenvalue weighted by molar-refractivity contribution is -0.157. The first-order chi connectivity index (χ1) is 16.5. The van der Waals surface area contributed by atoms with Crippen molar-refractivity contribution < 1.29 is 19.1 Å². The summed E-state index contributed by atoms with van der Waals surface area (Å²) in [5.41, 5.74) is 1.72. The second-order valence-electron chi connectivity index (χ2n) is 11.1. The van der Waals surface area contributed by atoms with Crippen LogP contribution in [0.3, 0.4) is 0 Å². The number of rotatable bonds is 10. The van der Waals surface area contributed by atoms with Crippen LogP contribution in [-0.2, 0) is 20.7 Å². The van der Waals surface area contributed by atoms with Crippen molar-refractivity contribution in [1.29, 1.82) is 0 Å². The van der Waals surface area contributed by atoms with Gasteiger partial charge < -0.3 is 19.4 Å². The lowest BCUT2D eigenvalue weighted by Crippen LogP contribution is -2.44. The van der Waals surface area contributed by atoms with Gasteiger partial charge in [-0.3, -0.25) is 4.79 Å². The normalized spacial score (nSPS) is 17.3. The molecule has 0 spiro atoms. The van der Waals surface area contributed by atoms with Crippen molar-refractivity contribution in [3.63, 3.8) is 0 Å². The Labute approximate surface area is 210 Å². The summed E-state index contributed by atoms with van der Waals surface area (Å²) in [7, 11) is 0. The second kappa shape index (κ2) is 11.5. The number of carbonyl (C=O) groups is 2. The quantitative estimate of drug-likeness (QED) is 0.443. The first kappa shape index (κ1) is 27.2. The van der Waals surface area contributed by atoms with Gasteiger partial charge in [0.1, 0.15) is 17.5 Å². The molecule has 0 saturated carbocycles. The van der Waals surface area contributed by atoms with Crippen molar-refractivity contribution in [3.05, 3.63) is 29.6 Å². The van der Waals surface area contributed by atoms with Crippen molar-refractivity contribution in [2.75, 3.05) is 6.61 Å². The molecule has 35 heavy (non-hydrogen) atoms. The largest absolute Gasteiger partial charge is 0.458 e. The average Bonchev–Trinajstić information content (AvgIpc) is 3.40. The number of ether oxygens (including phenoxy) is 2. The zero-order chi connectivity index (χ0) is 25.8. The van der Waals surface area contributed by atoms with Gasteiger partial charge in [0.15, 0.2) is 0 Å². The highest BCUT2D eigenvalue weighted by molar-refractivity contribution is 5.99. The molecule has 0 radical (unpaired) electrons. The van der Waals surface area contributed by atoms with Gasteiger partial charge in [0.2, 0.25) is 0 Å². The molecule has 1 aliphatic rings. The SMILES string of the molecule is CCC(CC)n1c(CC2CCCO2)nc2cc(C(=O)N[C@@H](CC(C)C)C(=O)OC(C)(C)C)ccc21. The zero-order valence-corrected chi connectivity index (χ0v) is 22.5. The smallest absolute Gasteiger partial charge is 0.329 e. The summed E-state index contributed by atoms with van der Waals surface area (Å²) in [4.78, 5) is 30.9. The predicted molar refractivity (Wildman–Crippen MR) is 139 cm³/mol. The monoisotopic (exact) mass is 485 g/mol. The molecule has 1 N–H and O–H groups in total. The number of carbonyl (C=O) groups excluding carboxylic acids is 2. The molecule has 1 aliphatic heterocycles. The van der Waals surface area contributed by atoms with Gasteiger partial charge in [0.25, 0.3) is 5.91 Å². The van der Waals surface area contributed by atoms with Crippen molar-refractivity contribution in [1.82, 2.24) is 14.9 Å². The van der Waals surface area contributed by atoms with E-state index in [2.05, 4.69) is 23.7 Å². The molecule has 1 fully saturated rings. The van der Waals surface area contributed by atoms with E-state index in [-0.39, 0.29) is 17.9 Å². The molecule has 0 bridgehead atoms. The number of amides is 1. The molecular formula is C28H43N3O4. The summed E-state index contributed by atoms with van der Waals surface area (Å²) in [6, 6.07) is 5.30. The van der Waals surface area contributed by atoms with Gasteiger partial charge in [-0.2, -0.15) is 0 Å². The van der Waals surface area contributed by atoms with Gasteiger partial charge in [-0.05, 0) is 77.0 Å². The van der Waals surface area contributed by atoms with Crippen molar-refractivity contribution in [2.24, 2.45) is 5.92 Å². The summed E-state index contributed by atoms with van der Waals surface area (Å²) in [6.45, 7) is 14.7. The number of aromatic nitrogens is 2. The fourth-order valence-electron chi connectivity index (χ4n) is 4.80. The molecule has 1 amide bonds. The Balaban J connectivity index is 1.89. The van der Waals surface area contributed by atoms with E-state index in [4.69, 9.17) is 14.5 Å². The van der Waals surface area contributed by atoms with E-state index in [1.807, 2.05) is 52.8 Å². The number of esters is 1. The Bertz CT molecular complexity index is 1010. The minimum Gasteiger partial charge on any atom is -0.458 e. The van der Waals surface area contributed by atoms with Crippen LogP contribution in [0.5, 0.6) is 0 Å². The number of nitrogens with zero attached hydrogens (tertiary/aromatic N) is 2. The fraction of sp³-hybridized carbons (Fsp3) is 0.679. The van der Waals surface area contributed by atoms with E-state index in [1.165, 1.54) is 0 Å². The maximum absolute atomic E-state index is 13.2. The van der Waals surface area contributed by atoms with Crippen LogP contribution in [-0.4, -0.2) is 45.8 Å². The van der Waals surface area contributed by atoms with E-state index < -0.39 is 17.6 Å². The first-order valence-electron chi connectivity index (χ1n) is 13.2. The van der Waals surface area contributed by atoms with E-state index in [1.54, 1.807) is 0 Å². The highest BCUT2D eigenvalue weighted by Crippen LogP contribution is 2.29. The Morgan fingerprint density at radius 1 is 1.23 bits per heavy atom. The van der Waals surface area contributed by atoms with Gasteiger partial charge in [0.05, 0.1) is 17.1 Å². The van der Waals surface area contributed by atoms with Crippen LogP contribution in [0.1, 0.15) is 103 Å². The number of benzene rings is 1. The Morgan fingerprint density at radius 2 is 1.94 bits per heavy atom. The van der Waals surface area contributed by atoms with Crippen LogP contribution >= 0.6 is 0 Å². The molecule has 0 aliphatic carbocycles. The third kappa shape index (κ3) is 7.06. The Morgan fingerprint density at radius 3 is 2.51 bits per heavy atom. The molecule has 1 unspecified atom stereocenters. The average molecular weight is 486 g/mol. The van der Waals surface area contributed by atoms with E-state index in [0.717, 1.165) is 55.6 Å².